The third-order valence-electron chi connectivity index (χ3n) is 6.30. The Hall–Kier alpha value is -3.28. The summed E-state index contributed by atoms with van der Waals surface area (Å²) in [6.07, 6.45) is 4.47. The molecule has 3 aliphatic rings. The Morgan fingerprint density at radius 1 is 1.30 bits per heavy atom. The summed E-state index contributed by atoms with van der Waals surface area (Å²) in [5.74, 6) is 0.999. The van der Waals surface area contributed by atoms with Crippen LogP contribution in [0.1, 0.15) is 33.0 Å². The van der Waals surface area contributed by atoms with Gasteiger partial charge in [-0.15, -0.1) is 0 Å². The van der Waals surface area contributed by atoms with Crippen molar-refractivity contribution < 1.29 is 14.3 Å². The lowest BCUT2D eigenvalue weighted by Crippen LogP contribution is -2.33. The van der Waals surface area contributed by atoms with E-state index < -0.39 is 0 Å². The first-order valence-corrected chi connectivity index (χ1v) is 9.05. The van der Waals surface area contributed by atoms with Crippen LogP contribution < -0.4 is 4.74 Å². The molecule has 2 aliphatic carbocycles. The highest BCUT2D eigenvalue weighted by atomic mass is 16.5. The first kappa shape index (κ1) is 14.8. The van der Waals surface area contributed by atoms with Gasteiger partial charge < -0.3 is 19.6 Å². The zero-order valence-corrected chi connectivity index (χ0v) is 14.7. The molecule has 1 saturated carbocycles. The molecule has 3 aromatic rings. The molecule has 0 radical (unpaired) electrons. The van der Waals surface area contributed by atoms with Crippen LogP contribution in [0, 0.1) is 5.92 Å². The Bertz CT molecular complexity index is 1180. The summed E-state index contributed by atoms with van der Waals surface area (Å²) in [4.78, 5) is 33.8. The molecule has 6 nitrogen and oxygen atoms in total. The Morgan fingerprint density at radius 3 is 3.04 bits per heavy atom. The molecule has 1 spiro atoms. The molecule has 0 unspecified atom stereocenters. The lowest BCUT2D eigenvalue weighted by Gasteiger charge is -2.27. The average molecular weight is 359 g/mol. The molecule has 1 saturated heterocycles. The van der Waals surface area contributed by atoms with Gasteiger partial charge in [0, 0.05) is 40.8 Å². The highest BCUT2D eigenvalue weighted by molar-refractivity contribution is 6.09. The number of piperidine rings is 1. The monoisotopic (exact) mass is 359 g/mol. The van der Waals surface area contributed by atoms with E-state index in [4.69, 9.17) is 4.74 Å². The maximum atomic E-state index is 13.2. The van der Waals surface area contributed by atoms with Crippen molar-refractivity contribution in [2.75, 3.05) is 13.7 Å². The molecular formula is C21H17N3O3. The van der Waals surface area contributed by atoms with E-state index >= 15 is 0 Å². The molecule has 2 aromatic heterocycles. The molecule has 1 aliphatic heterocycles. The molecule has 6 rings (SSSR count). The first-order valence-electron chi connectivity index (χ1n) is 9.05. The van der Waals surface area contributed by atoms with Gasteiger partial charge in [0.2, 0.25) is 5.78 Å². The Labute approximate surface area is 154 Å². The van der Waals surface area contributed by atoms with Crippen LogP contribution in [-0.4, -0.2) is 40.2 Å². The van der Waals surface area contributed by atoms with Crippen LogP contribution in [0.3, 0.4) is 0 Å². The van der Waals surface area contributed by atoms with E-state index in [-0.39, 0.29) is 17.1 Å². The second kappa shape index (κ2) is 4.71. The molecule has 0 bridgehead atoms. The second-order valence-corrected chi connectivity index (χ2v) is 7.58. The first-order chi connectivity index (χ1) is 13.1. The van der Waals surface area contributed by atoms with E-state index in [2.05, 4.69) is 9.97 Å². The predicted octanol–water partition coefficient (Wildman–Crippen LogP) is 3.00. The third kappa shape index (κ3) is 1.75. The SMILES string of the molecule is COc1ccc2[nH]c(C(=O)N3C[C@H]4C[C@@]45C3=CC(=O)c3[nH]ccc35)cc2c1. The quantitative estimate of drug-likeness (QED) is 0.738. The van der Waals surface area contributed by atoms with Crippen molar-refractivity contribution in [2.45, 2.75) is 11.8 Å². The number of ether oxygens (including phenoxy) is 1. The number of nitrogens with one attached hydrogen (secondary N) is 2. The second-order valence-electron chi connectivity index (χ2n) is 7.58. The highest BCUT2D eigenvalue weighted by Gasteiger charge is 2.67. The minimum absolute atomic E-state index is 0.0534. The predicted molar refractivity (Wildman–Crippen MR) is 98.9 cm³/mol. The molecular weight excluding hydrogens is 342 g/mol. The van der Waals surface area contributed by atoms with Crippen LogP contribution in [-0.2, 0) is 5.41 Å². The highest BCUT2D eigenvalue weighted by Crippen LogP contribution is 2.66. The van der Waals surface area contributed by atoms with Crippen LogP contribution in [0.2, 0.25) is 0 Å². The molecule has 2 N–H and O–H groups in total. The Morgan fingerprint density at radius 2 is 2.19 bits per heavy atom. The fourth-order valence-corrected chi connectivity index (χ4v) is 4.93. The number of carbonyl (C=O) groups is 2. The zero-order chi connectivity index (χ0) is 18.3. The average Bonchev–Trinajstić information content (AvgIpc) is 3.06. The number of ketones is 1. The number of nitrogens with zero attached hydrogens (tertiary/aromatic N) is 1. The van der Waals surface area contributed by atoms with Gasteiger partial charge in [-0.25, -0.2) is 0 Å². The fourth-order valence-electron chi connectivity index (χ4n) is 4.93. The summed E-state index contributed by atoms with van der Waals surface area (Å²) in [6, 6.07) is 9.51. The van der Waals surface area contributed by atoms with E-state index in [1.54, 1.807) is 18.1 Å². The number of carbonyl (C=O) groups excluding carboxylic acids is 2. The smallest absolute Gasteiger partial charge is 0.274 e. The number of rotatable bonds is 2. The zero-order valence-electron chi connectivity index (χ0n) is 14.7. The molecule has 2 atom stereocenters. The van der Waals surface area contributed by atoms with E-state index in [9.17, 15) is 9.59 Å². The Kier molecular flexibility index (Phi) is 2.59. The van der Waals surface area contributed by atoms with Gasteiger partial charge in [-0.1, -0.05) is 0 Å². The number of H-pyrrole nitrogens is 2. The van der Waals surface area contributed by atoms with Crippen molar-refractivity contribution in [2.24, 2.45) is 5.92 Å². The molecule has 1 amide bonds. The standard InChI is InChI=1S/C21H17N3O3/c1-27-13-2-3-15-11(6-13)7-16(23-15)20(26)24-10-12-9-21(12)14-4-5-22-19(14)17(25)8-18(21)24/h2-8,12,22-23H,9-10H2,1H3/t12-,21-/m1/s1. The van der Waals surface area contributed by atoms with Crippen molar-refractivity contribution >= 4 is 22.6 Å². The molecule has 2 fully saturated rings. The summed E-state index contributed by atoms with van der Waals surface area (Å²) >= 11 is 0. The third-order valence-corrected chi connectivity index (χ3v) is 6.30. The summed E-state index contributed by atoms with van der Waals surface area (Å²) in [5.41, 5.74) is 3.84. The number of methoxy groups -OCH3 is 1. The molecule has 27 heavy (non-hydrogen) atoms. The van der Waals surface area contributed by atoms with Crippen LogP contribution in [0.15, 0.2) is 48.3 Å². The number of fused-ring (bicyclic) bond motifs is 2. The van der Waals surface area contributed by atoms with Crippen LogP contribution in [0.5, 0.6) is 5.75 Å². The van der Waals surface area contributed by atoms with Gasteiger partial charge >= 0.3 is 0 Å². The number of amides is 1. The van der Waals surface area contributed by atoms with E-state index in [1.165, 1.54) is 0 Å². The van der Waals surface area contributed by atoms with Crippen molar-refractivity contribution in [3.05, 3.63) is 65.3 Å². The number of likely N-dealkylation sites (tertiary alicyclic amines) is 1. The largest absolute Gasteiger partial charge is 0.497 e. The van der Waals surface area contributed by atoms with E-state index in [0.29, 0.717) is 23.9 Å². The fraction of sp³-hybridized carbons (Fsp3) is 0.238. The minimum atomic E-state index is -0.159. The van der Waals surface area contributed by atoms with Gasteiger partial charge in [-0.2, -0.15) is 0 Å². The van der Waals surface area contributed by atoms with Gasteiger partial charge in [0.15, 0.2) is 0 Å². The number of aromatic amines is 2. The van der Waals surface area contributed by atoms with Gasteiger partial charge in [0.1, 0.15) is 11.4 Å². The molecule has 1 aromatic carbocycles. The summed E-state index contributed by atoms with van der Waals surface area (Å²) in [5, 5.41) is 0.929. The number of allylic oxidation sites excluding steroid dienone is 2. The van der Waals surface area contributed by atoms with Crippen molar-refractivity contribution in [3.63, 3.8) is 0 Å². The maximum absolute atomic E-state index is 13.2. The van der Waals surface area contributed by atoms with Crippen molar-refractivity contribution in [1.82, 2.24) is 14.9 Å². The van der Waals surface area contributed by atoms with Gasteiger partial charge in [-0.05, 0) is 48.2 Å². The number of benzene rings is 1. The molecule has 6 heteroatoms. The topological polar surface area (TPSA) is 78.2 Å². The van der Waals surface area contributed by atoms with Crippen molar-refractivity contribution in [3.8, 4) is 5.75 Å². The van der Waals surface area contributed by atoms with E-state index in [0.717, 1.165) is 34.3 Å². The summed E-state index contributed by atoms with van der Waals surface area (Å²) in [6.45, 7) is 0.654. The van der Waals surface area contributed by atoms with Crippen LogP contribution >= 0.6 is 0 Å². The summed E-state index contributed by atoms with van der Waals surface area (Å²) in [7, 11) is 1.62. The van der Waals surface area contributed by atoms with Gasteiger partial charge in [0.25, 0.3) is 5.91 Å². The van der Waals surface area contributed by atoms with Gasteiger partial charge in [0.05, 0.1) is 12.8 Å². The number of aromatic nitrogens is 2. The van der Waals surface area contributed by atoms with Crippen LogP contribution in [0.25, 0.3) is 10.9 Å². The summed E-state index contributed by atoms with van der Waals surface area (Å²) < 4.78 is 5.26. The maximum Gasteiger partial charge on any atom is 0.274 e. The lowest BCUT2D eigenvalue weighted by molar-refractivity contribution is 0.0806. The number of hydrogen-bond acceptors (Lipinski definition) is 3. The van der Waals surface area contributed by atoms with Crippen molar-refractivity contribution in [1.29, 1.82) is 0 Å². The minimum Gasteiger partial charge on any atom is -0.497 e. The van der Waals surface area contributed by atoms with Crippen LogP contribution in [0.4, 0.5) is 0 Å². The Balaban J connectivity index is 1.41. The number of hydrogen-bond donors (Lipinski definition) is 2. The molecule has 134 valence electrons. The normalized spacial score (nSPS) is 25.1. The van der Waals surface area contributed by atoms with E-state index in [1.807, 2.05) is 36.5 Å². The molecule has 3 heterocycles. The van der Waals surface area contributed by atoms with Gasteiger partial charge in [-0.3, -0.25) is 9.59 Å². The lowest BCUT2D eigenvalue weighted by atomic mass is 9.85.